The van der Waals surface area contributed by atoms with E-state index in [1.165, 1.54) is 22.4 Å². The summed E-state index contributed by atoms with van der Waals surface area (Å²) >= 11 is 0. The van der Waals surface area contributed by atoms with E-state index < -0.39 is 5.97 Å². The highest BCUT2D eigenvalue weighted by atomic mass is 16.4. The van der Waals surface area contributed by atoms with E-state index in [0.717, 1.165) is 12.1 Å². The fraction of sp³-hybridized carbons (Fsp3) is 0.174. The minimum absolute atomic E-state index is 0.331. The Morgan fingerprint density at radius 3 is 1.81 bits per heavy atom. The molecule has 0 bridgehead atoms. The van der Waals surface area contributed by atoms with Gasteiger partial charge in [0, 0.05) is 11.4 Å². The van der Waals surface area contributed by atoms with Crippen molar-refractivity contribution >= 4 is 17.3 Å². The molecule has 0 aliphatic heterocycles. The predicted molar refractivity (Wildman–Crippen MR) is 108 cm³/mol. The number of anilines is 2. The highest BCUT2D eigenvalue weighted by molar-refractivity contribution is 5.87. The van der Waals surface area contributed by atoms with Gasteiger partial charge in [0.05, 0.1) is 5.56 Å². The first-order chi connectivity index (χ1) is 12.5. The summed E-state index contributed by atoms with van der Waals surface area (Å²) in [5.74, 6) is -0.879. The number of nitrogens with one attached hydrogen (secondary N) is 1. The summed E-state index contributed by atoms with van der Waals surface area (Å²) in [6.45, 7) is 6.52. The zero-order valence-electron chi connectivity index (χ0n) is 15.5. The molecule has 0 spiro atoms. The van der Waals surface area contributed by atoms with Crippen molar-refractivity contribution in [3.8, 4) is 0 Å². The number of carboxylic acids is 1. The van der Waals surface area contributed by atoms with Gasteiger partial charge in [0.25, 0.3) is 0 Å². The number of hydrogen-bond acceptors (Lipinski definition) is 2. The molecular weight excluding hydrogens is 322 g/mol. The molecule has 0 aliphatic rings. The van der Waals surface area contributed by atoms with Gasteiger partial charge in [0.2, 0.25) is 0 Å². The lowest BCUT2D eigenvalue weighted by molar-refractivity contribution is 0.0697. The van der Waals surface area contributed by atoms with Crippen molar-refractivity contribution in [1.29, 1.82) is 0 Å². The summed E-state index contributed by atoms with van der Waals surface area (Å²) in [6.07, 6.45) is 1.09. The maximum atomic E-state index is 10.2. The summed E-state index contributed by atoms with van der Waals surface area (Å²) < 4.78 is 0. The second-order valence-corrected chi connectivity index (χ2v) is 6.12. The van der Waals surface area contributed by atoms with Gasteiger partial charge in [-0.05, 0) is 61.2 Å². The molecule has 0 amide bonds. The fourth-order valence-corrected chi connectivity index (χ4v) is 2.70. The number of hydrogen-bond donors (Lipinski definition) is 2. The van der Waals surface area contributed by atoms with Crippen LogP contribution in [0.1, 0.15) is 34.0 Å². The Morgan fingerprint density at radius 1 is 0.885 bits per heavy atom. The van der Waals surface area contributed by atoms with E-state index in [9.17, 15) is 4.79 Å². The highest BCUT2D eigenvalue weighted by Crippen LogP contribution is 2.26. The van der Waals surface area contributed by atoms with Crippen LogP contribution in [-0.4, -0.2) is 11.1 Å². The maximum Gasteiger partial charge on any atom is 0.335 e. The van der Waals surface area contributed by atoms with Crippen LogP contribution < -0.4 is 5.32 Å². The van der Waals surface area contributed by atoms with Gasteiger partial charge < -0.3 is 10.4 Å². The van der Waals surface area contributed by atoms with E-state index in [4.69, 9.17) is 5.11 Å². The van der Waals surface area contributed by atoms with Crippen molar-refractivity contribution in [2.75, 3.05) is 5.32 Å². The van der Waals surface area contributed by atoms with Crippen molar-refractivity contribution in [1.82, 2.24) is 0 Å². The van der Waals surface area contributed by atoms with Gasteiger partial charge in [-0.15, -0.1) is 0 Å². The smallest absolute Gasteiger partial charge is 0.335 e. The van der Waals surface area contributed by atoms with Gasteiger partial charge in [-0.25, -0.2) is 4.79 Å². The summed E-state index contributed by atoms with van der Waals surface area (Å²) in [7, 11) is 0. The molecule has 3 rings (SSSR count). The number of aromatic carboxylic acids is 1. The number of aryl methyl sites for hydroxylation is 3. The fourth-order valence-electron chi connectivity index (χ4n) is 2.70. The second kappa shape index (κ2) is 9.42. The Morgan fingerprint density at radius 2 is 1.38 bits per heavy atom. The molecule has 0 saturated heterocycles. The number of para-hydroxylation sites is 1. The number of benzene rings is 3. The molecule has 0 unspecified atom stereocenters. The van der Waals surface area contributed by atoms with Gasteiger partial charge in [-0.3, -0.25) is 0 Å². The Balaban J connectivity index is 0.000000228. The van der Waals surface area contributed by atoms with E-state index in [0.29, 0.717) is 5.56 Å². The molecule has 2 N–H and O–H groups in total. The molecule has 0 saturated carbocycles. The maximum absolute atomic E-state index is 10.2. The Labute approximate surface area is 155 Å². The van der Waals surface area contributed by atoms with Crippen LogP contribution in [0.25, 0.3) is 0 Å². The third-order valence-corrected chi connectivity index (χ3v) is 4.06. The molecule has 3 aromatic carbocycles. The van der Waals surface area contributed by atoms with Crippen LogP contribution in [0.5, 0.6) is 0 Å². The normalized spacial score (nSPS) is 9.81. The molecule has 3 nitrogen and oxygen atoms in total. The Bertz CT molecular complexity index is 820. The zero-order valence-corrected chi connectivity index (χ0v) is 15.5. The van der Waals surface area contributed by atoms with Crippen molar-refractivity contribution in [3.05, 3.63) is 95.1 Å². The molecule has 26 heavy (non-hydrogen) atoms. The summed E-state index contributed by atoms with van der Waals surface area (Å²) in [6, 6.07) is 23.1. The molecular formula is C23H25NO2. The quantitative estimate of drug-likeness (QED) is 0.609. The Kier molecular flexibility index (Phi) is 6.98. The zero-order chi connectivity index (χ0) is 18.9. The van der Waals surface area contributed by atoms with Crippen molar-refractivity contribution < 1.29 is 9.90 Å². The highest BCUT2D eigenvalue weighted by Gasteiger charge is 2.04. The van der Waals surface area contributed by atoms with Crippen LogP contribution in [-0.2, 0) is 6.42 Å². The van der Waals surface area contributed by atoms with Gasteiger partial charge in [0.15, 0.2) is 0 Å². The lowest BCUT2D eigenvalue weighted by Crippen LogP contribution is -1.97. The van der Waals surface area contributed by atoms with Crippen LogP contribution >= 0.6 is 0 Å². The summed E-state index contributed by atoms with van der Waals surface area (Å²) in [5.41, 5.74) is 6.73. The molecule has 0 aliphatic carbocycles. The number of rotatable bonds is 4. The van der Waals surface area contributed by atoms with Crippen molar-refractivity contribution in [3.63, 3.8) is 0 Å². The van der Waals surface area contributed by atoms with Crippen LogP contribution in [0.2, 0.25) is 0 Å². The molecule has 0 atom stereocenters. The number of carboxylic acid groups (broad SMARTS) is 1. The standard InChI is InChI=1S/C16H19N.C7H6O2/c1-4-14-10-12(2)16(13(3)11-14)17-15-8-6-5-7-9-15;8-7(9)6-4-2-1-3-5-6/h5-11,17H,4H2,1-3H3;1-5H,(H,8,9). The van der Waals surface area contributed by atoms with Crippen LogP contribution in [0.3, 0.4) is 0 Å². The SMILES string of the molecule is CCc1cc(C)c(Nc2ccccc2)c(C)c1.O=C(O)c1ccccc1. The van der Waals surface area contributed by atoms with Crippen LogP contribution in [0.15, 0.2) is 72.8 Å². The summed E-state index contributed by atoms with van der Waals surface area (Å²) in [5, 5.41) is 11.9. The van der Waals surface area contributed by atoms with Crippen LogP contribution in [0, 0.1) is 13.8 Å². The van der Waals surface area contributed by atoms with Gasteiger partial charge >= 0.3 is 5.97 Å². The first-order valence-electron chi connectivity index (χ1n) is 8.71. The van der Waals surface area contributed by atoms with Gasteiger partial charge in [-0.1, -0.05) is 55.5 Å². The molecule has 3 heteroatoms. The average molecular weight is 347 g/mol. The minimum Gasteiger partial charge on any atom is -0.478 e. The van der Waals surface area contributed by atoms with E-state index in [-0.39, 0.29) is 0 Å². The molecule has 134 valence electrons. The average Bonchev–Trinajstić information content (AvgIpc) is 2.66. The van der Waals surface area contributed by atoms with E-state index in [1.807, 2.05) is 18.2 Å². The topological polar surface area (TPSA) is 49.3 Å². The van der Waals surface area contributed by atoms with Gasteiger partial charge in [0.1, 0.15) is 0 Å². The van der Waals surface area contributed by atoms with E-state index in [1.54, 1.807) is 30.3 Å². The molecule has 0 heterocycles. The molecule has 0 fully saturated rings. The van der Waals surface area contributed by atoms with E-state index >= 15 is 0 Å². The summed E-state index contributed by atoms with van der Waals surface area (Å²) in [4.78, 5) is 10.2. The predicted octanol–water partition coefficient (Wildman–Crippen LogP) is 5.99. The molecule has 0 radical (unpaired) electrons. The molecule has 0 aromatic heterocycles. The van der Waals surface area contributed by atoms with Crippen molar-refractivity contribution in [2.24, 2.45) is 0 Å². The number of carbonyl (C=O) groups is 1. The Hall–Kier alpha value is -3.07. The monoisotopic (exact) mass is 347 g/mol. The lowest BCUT2D eigenvalue weighted by Gasteiger charge is -2.14. The minimum atomic E-state index is -0.879. The van der Waals surface area contributed by atoms with Crippen molar-refractivity contribution in [2.45, 2.75) is 27.2 Å². The third kappa shape index (κ3) is 5.49. The third-order valence-electron chi connectivity index (χ3n) is 4.06. The first kappa shape index (κ1) is 19.3. The van der Waals surface area contributed by atoms with Crippen LogP contribution in [0.4, 0.5) is 11.4 Å². The van der Waals surface area contributed by atoms with E-state index in [2.05, 4.69) is 50.4 Å². The molecule has 3 aromatic rings. The lowest BCUT2D eigenvalue weighted by atomic mass is 10.0. The largest absolute Gasteiger partial charge is 0.478 e. The van der Waals surface area contributed by atoms with Gasteiger partial charge in [-0.2, -0.15) is 0 Å². The second-order valence-electron chi connectivity index (χ2n) is 6.12. The first-order valence-corrected chi connectivity index (χ1v) is 8.71.